The highest BCUT2D eigenvalue weighted by atomic mass is 16.5. The fourth-order valence-electron chi connectivity index (χ4n) is 3.76. The van der Waals surface area contributed by atoms with Gasteiger partial charge >= 0.3 is 0 Å². The summed E-state index contributed by atoms with van der Waals surface area (Å²) in [6.07, 6.45) is 9.20. The molecule has 3 rings (SSSR count). The fourth-order valence-corrected chi connectivity index (χ4v) is 3.76. The number of nitrogens with one attached hydrogen (secondary N) is 2. The number of aliphatic imine (C=N–C) groups is 1. The van der Waals surface area contributed by atoms with E-state index in [1.54, 1.807) is 0 Å². The van der Waals surface area contributed by atoms with Crippen molar-refractivity contribution in [3.63, 3.8) is 0 Å². The molecular weight excluding hydrogens is 266 g/mol. The number of morpholine rings is 1. The van der Waals surface area contributed by atoms with Crippen molar-refractivity contribution in [3.8, 4) is 0 Å². The van der Waals surface area contributed by atoms with Crippen LogP contribution in [-0.4, -0.2) is 55.3 Å². The molecule has 2 atom stereocenters. The molecule has 21 heavy (non-hydrogen) atoms. The maximum absolute atomic E-state index is 5.93. The summed E-state index contributed by atoms with van der Waals surface area (Å²) in [7, 11) is 0. The van der Waals surface area contributed by atoms with Gasteiger partial charge in [0.1, 0.15) is 0 Å². The minimum absolute atomic E-state index is 0.204. The molecule has 0 amide bonds. The molecule has 1 aliphatic carbocycles. The Morgan fingerprint density at radius 3 is 2.86 bits per heavy atom. The summed E-state index contributed by atoms with van der Waals surface area (Å²) >= 11 is 0. The summed E-state index contributed by atoms with van der Waals surface area (Å²) < 4.78 is 5.93. The van der Waals surface area contributed by atoms with Crippen molar-refractivity contribution in [2.75, 3.05) is 26.2 Å². The first-order valence-corrected chi connectivity index (χ1v) is 8.48. The van der Waals surface area contributed by atoms with Crippen LogP contribution in [0.5, 0.6) is 0 Å². The molecular formula is C15H29N5O. The Hall–Kier alpha value is -0.850. The lowest BCUT2D eigenvalue weighted by Crippen LogP contribution is -2.49. The van der Waals surface area contributed by atoms with Crippen LogP contribution in [-0.2, 0) is 4.74 Å². The van der Waals surface area contributed by atoms with Crippen LogP contribution in [0.2, 0.25) is 0 Å². The highest BCUT2D eigenvalue weighted by Crippen LogP contribution is 2.22. The third kappa shape index (κ3) is 4.08. The predicted molar refractivity (Wildman–Crippen MR) is 84.0 cm³/mol. The number of rotatable bonds is 3. The molecule has 0 aromatic heterocycles. The smallest absolute Gasteiger partial charge is 0.206 e. The van der Waals surface area contributed by atoms with E-state index >= 15 is 0 Å². The summed E-state index contributed by atoms with van der Waals surface area (Å²) in [4.78, 5) is 7.14. The Labute approximate surface area is 127 Å². The van der Waals surface area contributed by atoms with Crippen molar-refractivity contribution in [3.05, 3.63) is 0 Å². The molecule has 0 aromatic rings. The van der Waals surface area contributed by atoms with Gasteiger partial charge in [-0.2, -0.15) is 0 Å². The van der Waals surface area contributed by atoms with Gasteiger partial charge in [-0.3, -0.25) is 10.3 Å². The van der Waals surface area contributed by atoms with E-state index in [1.165, 1.54) is 51.5 Å². The van der Waals surface area contributed by atoms with Gasteiger partial charge < -0.3 is 10.1 Å². The highest BCUT2D eigenvalue weighted by Gasteiger charge is 2.32. The van der Waals surface area contributed by atoms with Crippen LogP contribution in [0, 0.1) is 0 Å². The van der Waals surface area contributed by atoms with E-state index in [-0.39, 0.29) is 6.10 Å². The number of nitrogens with zero attached hydrogens (tertiary/aromatic N) is 2. The summed E-state index contributed by atoms with van der Waals surface area (Å²) in [6, 6.07) is 1.17. The standard InChI is InChI=1S/C15H29N5O/c16-19-15(18-12-5-2-1-3-6-12)17-9-14-10-20-8-4-7-13(20)11-21-14/h12-14H,1-11,16H2,(H2,17,18,19). The van der Waals surface area contributed by atoms with Crippen LogP contribution in [0.3, 0.4) is 0 Å². The Morgan fingerprint density at radius 2 is 2.05 bits per heavy atom. The fraction of sp³-hybridized carbons (Fsp3) is 0.933. The molecule has 120 valence electrons. The average Bonchev–Trinajstić information content (AvgIpc) is 3.00. The normalized spacial score (nSPS) is 32.0. The topological polar surface area (TPSA) is 74.9 Å². The van der Waals surface area contributed by atoms with Gasteiger partial charge in [-0.1, -0.05) is 19.3 Å². The van der Waals surface area contributed by atoms with Crippen LogP contribution in [0.25, 0.3) is 0 Å². The zero-order valence-corrected chi connectivity index (χ0v) is 12.9. The Kier molecular flexibility index (Phi) is 5.32. The molecule has 1 saturated carbocycles. The first kappa shape index (κ1) is 15.1. The summed E-state index contributed by atoms with van der Waals surface area (Å²) in [5.74, 6) is 6.31. The number of nitrogens with two attached hydrogens (primary N) is 1. The van der Waals surface area contributed by atoms with Crippen molar-refractivity contribution >= 4 is 5.96 Å². The Bertz CT molecular complexity index is 356. The molecule has 6 nitrogen and oxygen atoms in total. The maximum atomic E-state index is 5.93. The minimum Gasteiger partial charge on any atom is -0.373 e. The van der Waals surface area contributed by atoms with E-state index in [1.807, 2.05) is 0 Å². The second-order valence-electron chi connectivity index (χ2n) is 6.56. The first-order chi connectivity index (χ1) is 10.3. The lowest BCUT2D eigenvalue weighted by atomic mass is 9.96. The Morgan fingerprint density at radius 1 is 1.19 bits per heavy atom. The zero-order chi connectivity index (χ0) is 14.5. The summed E-state index contributed by atoms with van der Waals surface area (Å²) in [5.41, 5.74) is 2.70. The summed E-state index contributed by atoms with van der Waals surface area (Å²) in [5, 5.41) is 3.44. The molecule has 2 heterocycles. The van der Waals surface area contributed by atoms with E-state index < -0.39 is 0 Å². The van der Waals surface area contributed by atoms with E-state index in [4.69, 9.17) is 10.6 Å². The van der Waals surface area contributed by atoms with Gasteiger partial charge in [-0.25, -0.2) is 10.8 Å². The van der Waals surface area contributed by atoms with Crippen LogP contribution in [0.4, 0.5) is 0 Å². The lowest BCUT2D eigenvalue weighted by Gasteiger charge is -2.34. The molecule has 2 aliphatic heterocycles. The quantitative estimate of drug-likeness (QED) is 0.307. The number of ether oxygens (including phenoxy) is 1. The van der Waals surface area contributed by atoms with E-state index in [2.05, 4.69) is 20.6 Å². The van der Waals surface area contributed by atoms with Gasteiger partial charge in [0, 0.05) is 18.6 Å². The van der Waals surface area contributed by atoms with Crippen molar-refractivity contribution in [2.24, 2.45) is 10.8 Å². The van der Waals surface area contributed by atoms with Crippen molar-refractivity contribution in [2.45, 2.75) is 63.1 Å². The minimum atomic E-state index is 0.204. The maximum Gasteiger partial charge on any atom is 0.206 e. The number of hydrogen-bond donors (Lipinski definition) is 3. The number of fused-ring (bicyclic) bond motifs is 1. The average molecular weight is 295 g/mol. The molecule has 0 bridgehead atoms. The molecule has 0 spiro atoms. The van der Waals surface area contributed by atoms with Gasteiger partial charge in [0.15, 0.2) is 0 Å². The molecule has 3 fully saturated rings. The first-order valence-electron chi connectivity index (χ1n) is 8.48. The molecule has 4 N–H and O–H groups in total. The number of hydrogen-bond acceptors (Lipinski definition) is 4. The molecule has 6 heteroatoms. The van der Waals surface area contributed by atoms with Gasteiger partial charge in [-0.05, 0) is 32.2 Å². The van der Waals surface area contributed by atoms with Gasteiger partial charge in [0.05, 0.1) is 19.3 Å². The summed E-state index contributed by atoms with van der Waals surface area (Å²) in [6.45, 7) is 3.77. The molecule has 0 aromatic carbocycles. The third-order valence-electron chi connectivity index (χ3n) is 5.00. The second-order valence-corrected chi connectivity index (χ2v) is 6.56. The van der Waals surface area contributed by atoms with E-state index in [9.17, 15) is 0 Å². The van der Waals surface area contributed by atoms with Gasteiger partial charge in [0.25, 0.3) is 0 Å². The lowest BCUT2D eigenvalue weighted by molar-refractivity contribution is -0.0432. The van der Waals surface area contributed by atoms with Crippen molar-refractivity contribution in [1.82, 2.24) is 15.6 Å². The van der Waals surface area contributed by atoms with Crippen LogP contribution in [0.1, 0.15) is 44.9 Å². The highest BCUT2D eigenvalue weighted by molar-refractivity contribution is 5.79. The predicted octanol–water partition coefficient (Wildman–Crippen LogP) is 0.591. The van der Waals surface area contributed by atoms with Crippen LogP contribution < -0.4 is 16.6 Å². The van der Waals surface area contributed by atoms with Crippen LogP contribution >= 0.6 is 0 Å². The molecule has 3 aliphatic rings. The molecule has 0 radical (unpaired) electrons. The zero-order valence-electron chi connectivity index (χ0n) is 12.9. The SMILES string of the molecule is NNC(=NCC1CN2CCCC2CO1)NC1CCCCC1. The molecule has 2 saturated heterocycles. The Balaban J connectivity index is 1.46. The van der Waals surface area contributed by atoms with Gasteiger partial charge in [0.2, 0.25) is 5.96 Å². The van der Waals surface area contributed by atoms with Gasteiger partial charge in [-0.15, -0.1) is 0 Å². The van der Waals surface area contributed by atoms with Crippen molar-refractivity contribution < 1.29 is 4.74 Å². The second kappa shape index (κ2) is 7.42. The largest absolute Gasteiger partial charge is 0.373 e. The number of guanidine groups is 1. The molecule has 2 unspecified atom stereocenters. The van der Waals surface area contributed by atoms with Crippen LogP contribution in [0.15, 0.2) is 4.99 Å². The van der Waals surface area contributed by atoms with Crippen molar-refractivity contribution in [1.29, 1.82) is 0 Å². The third-order valence-corrected chi connectivity index (χ3v) is 5.00. The van der Waals surface area contributed by atoms with E-state index in [0.717, 1.165) is 13.2 Å². The van der Waals surface area contributed by atoms with E-state index in [0.29, 0.717) is 24.6 Å². The monoisotopic (exact) mass is 295 g/mol. The number of hydrazine groups is 1.